The number of aromatic nitrogens is 4. The van der Waals surface area contributed by atoms with Crippen LogP contribution < -0.4 is 4.90 Å². The van der Waals surface area contributed by atoms with Crippen LogP contribution in [0.4, 0.5) is 5.95 Å². The van der Waals surface area contributed by atoms with Gasteiger partial charge in [-0.15, -0.1) is 0 Å². The normalized spacial score (nSPS) is 28.1. The molecule has 0 unspecified atom stereocenters. The zero-order valence-corrected chi connectivity index (χ0v) is 17.9. The number of carbonyl (C=O) groups excluding carboxylic acids is 1. The number of benzene rings is 1. The standard InChI is InChI=1S/C24H28N6O/c1-28-15-26-19-12-25-24(27-23(19)28)29-13-17-11-18(14-29)21(10-16-6-3-2-4-7-16)30-20(17)8-5-9-22(30)31/h2-4,6-7,12,15,17-18,20-21H,5,8-11,13-14H2,1H3/t17-,18+,20+,21+/m1/s1. The first-order chi connectivity index (χ1) is 15.2. The van der Waals surface area contributed by atoms with Gasteiger partial charge in [0.15, 0.2) is 5.65 Å². The first-order valence-electron chi connectivity index (χ1n) is 11.4. The van der Waals surface area contributed by atoms with E-state index in [9.17, 15) is 4.79 Å². The number of carbonyl (C=O) groups is 1. The number of hydrogen-bond acceptors (Lipinski definition) is 5. The second kappa shape index (κ2) is 7.32. The van der Waals surface area contributed by atoms with Gasteiger partial charge >= 0.3 is 0 Å². The molecule has 3 aliphatic heterocycles. The van der Waals surface area contributed by atoms with Gasteiger partial charge in [0.25, 0.3) is 0 Å². The molecule has 7 heteroatoms. The summed E-state index contributed by atoms with van der Waals surface area (Å²) in [4.78, 5) is 31.6. The lowest BCUT2D eigenvalue weighted by molar-refractivity contribution is -0.148. The van der Waals surface area contributed by atoms with Crippen molar-refractivity contribution in [2.45, 2.75) is 44.2 Å². The summed E-state index contributed by atoms with van der Waals surface area (Å²) < 4.78 is 1.95. The number of imidazole rings is 1. The Hall–Kier alpha value is -2.96. The summed E-state index contributed by atoms with van der Waals surface area (Å²) in [5.41, 5.74) is 3.01. The zero-order chi connectivity index (χ0) is 20.9. The maximum absolute atomic E-state index is 13.0. The summed E-state index contributed by atoms with van der Waals surface area (Å²) in [5, 5.41) is 0. The van der Waals surface area contributed by atoms with Crippen LogP contribution >= 0.6 is 0 Å². The Morgan fingerprint density at radius 3 is 2.81 bits per heavy atom. The number of piperidine rings is 3. The average molecular weight is 417 g/mol. The van der Waals surface area contributed by atoms with Crippen molar-refractivity contribution in [3.8, 4) is 0 Å². The number of aryl methyl sites for hydroxylation is 1. The summed E-state index contributed by atoms with van der Waals surface area (Å²) in [7, 11) is 1.97. The lowest BCUT2D eigenvalue weighted by atomic mass is 9.71. The number of hydrogen-bond donors (Lipinski definition) is 0. The highest BCUT2D eigenvalue weighted by Gasteiger charge is 2.49. The Labute approximate surface area is 182 Å². The molecule has 2 aromatic heterocycles. The van der Waals surface area contributed by atoms with Crippen molar-refractivity contribution >= 4 is 23.0 Å². The summed E-state index contributed by atoms with van der Waals surface area (Å²) in [6.45, 7) is 1.82. The van der Waals surface area contributed by atoms with E-state index in [0.717, 1.165) is 49.5 Å². The van der Waals surface area contributed by atoms with Crippen LogP contribution in [0.5, 0.6) is 0 Å². The van der Waals surface area contributed by atoms with E-state index in [0.29, 0.717) is 30.2 Å². The van der Waals surface area contributed by atoms with Crippen molar-refractivity contribution in [2.75, 3.05) is 18.0 Å². The third kappa shape index (κ3) is 3.18. The molecular weight excluding hydrogens is 388 g/mol. The Balaban J connectivity index is 1.34. The van der Waals surface area contributed by atoms with Crippen molar-refractivity contribution in [1.29, 1.82) is 0 Å². The van der Waals surface area contributed by atoms with Gasteiger partial charge in [-0.3, -0.25) is 4.79 Å². The lowest BCUT2D eigenvalue weighted by Crippen LogP contribution is -2.65. The van der Waals surface area contributed by atoms with Crippen LogP contribution in [-0.2, 0) is 18.3 Å². The molecule has 160 valence electrons. The first-order valence-corrected chi connectivity index (χ1v) is 11.4. The molecule has 0 saturated carbocycles. The van der Waals surface area contributed by atoms with Crippen LogP contribution in [0.1, 0.15) is 31.2 Å². The quantitative estimate of drug-likeness (QED) is 0.657. The predicted octanol–water partition coefficient (Wildman–Crippen LogP) is 2.81. The second-order valence-electron chi connectivity index (χ2n) is 9.41. The minimum Gasteiger partial charge on any atom is -0.340 e. The monoisotopic (exact) mass is 416 g/mol. The fourth-order valence-electron chi connectivity index (χ4n) is 6.12. The number of rotatable bonds is 3. The molecule has 3 saturated heterocycles. The van der Waals surface area contributed by atoms with Gasteiger partial charge in [-0.25, -0.2) is 9.97 Å². The maximum atomic E-state index is 13.0. The largest absolute Gasteiger partial charge is 0.340 e. The minimum atomic E-state index is 0.250. The van der Waals surface area contributed by atoms with E-state index in [2.05, 4.69) is 50.1 Å². The van der Waals surface area contributed by atoms with Crippen LogP contribution in [0.15, 0.2) is 42.9 Å². The Bertz CT molecular complexity index is 1110. The molecule has 3 fully saturated rings. The van der Waals surface area contributed by atoms with Gasteiger partial charge in [-0.2, -0.15) is 4.98 Å². The van der Waals surface area contributed by atoms with Gasteiger partial charge in [0.1, 0.15) is 5.52 Å². The highest BCUT2D eigenvalue weighted by molar-refractivity contribution is 5.78. The van der Waals surface area contributed by atoms with Crippen molar-refractivity contribution in [2.24, 2.45) is 18.9 Å². The molecule has 0 aliphatic carbocycles. The molecule has 7 nitrogen and oxygen atoms in total. The van der Waals surface area contributed by atoms with Gasteiger partial charge in [0.05, 0.1) is 12.5 Å². The van der Waals surface area contributed by atoms with Crippen molar-refractivity contribution in [1.82, 2.24) is 24.4 Å². The summed E-state index contributed by atoms with van der Waals surface area (Å²) in [6.07, 6.45) is 8.56. The second-order valence-corrected chi connectivity index (χ2v) is 9.41. The van der Waals surface area contributed by atoms with Gasteiger partial charge in [-0.05, 0) is 43.1 Å². The third-order valence-electron chi connectivity index (χ3n) is 7.51. The van der Waals surface area contributed by atoms with Gasteiger partial charge < -0.3 is 14.4 Å². The predicted molar refractivity (Wildman–Crippen MR) is 119 cm³/mol. The zero-order valence-electron chi connectivity index (χ0n) is 17.9. The molecule has 1 aromatic carbocycles. The lowest BCUT2D eigenvalue weighted by Gasteiger charge is -2.56. The fraction of sp³-hybridized carbons (Fsp3) is 0.500. The van der Waals surface area contributed by atoms with E-state index in [4.69, 9.17) is 4.98 Å². The van der Waals surface area contributed by atoms with Gasteiger partial charge in [0.2, 0.25) is 11.9 Å². The van der Waals surface area contributed by atoms with E-state index < -0.39 is 0 Å². The van der Waals surface area contributed by atoms with E-state index in [-0.39, 0.29) is 6.04 Å². The molecule has 1 amide bonds. The van der Waals surface area contributed by atoms with Crippen LogP contribution in [-0.4, -0.2) is 55.5 Å². The van der Waals surface area contributed by atoms with E-state index in [1.807, 2.05) is 17.8 Å². The SMILES string of the molecule is Cn1cnc2cnc(N3C[C@H]4C[C@@H](C3)[C@H](Cc3ccccc3)N3C(=O)CCC[C@@H]43)nc21. The van der Waals surface area contributed by atoms with Crippen molar-refractivity contribution in [3.63, 3.8) is 0 Å². The molecule has 3 aliphatic rings. The highest BCUT2D eigenvalue weighted by Crippen LogP contribution is 2.43. The van der Waals surface area contributed by atoms with Crippen LogP contribution in [0.25, 0.3) is 11.2 Å². The molecule has 0 spiro atoms. The van der Waals surface area contributed by atoms with Gasteiger partial charge in [0, 0.05) is 38.6 Å². The number of fused-ring (bicyclic) bond motifs is 5. The van der Waals surface area contributed by atoms with E-state index in [1.165, 1.54) is 12.0 Å². The number of amides is 1. The molecule has 0 radical (unpaired) electrons. The van der Waals surface area contributed by atoms with Crippen molar-refractivity contribution in [3.05, 3.63) is 48.4 Å². The average Bonchev–Trinajstić information content (AvgIpc) is 3.17. The topological polar surface area (TPSA) is 67.2 Å². The highest BCUT2D eigenvalue weighted by atomic mass is 16.2. The summed E-state index contributed by atoms with van der Waals surface area (Å²) >= 11 is 0. The minimum absolute atomic E-state index is 0.250. The van der Waals surface area contributed by atoms with Crippen LogP contribution in [0.3, 0.4) is 0 Å². The maximum Gasteiger partial charge on any atom is 0.227 e. The molecule has 31 heavy (non-hydrogen) atoms. The van der Waals surface area contributed by atoms with Crippen molar-refractivity contribution < 1.29 is 4.79 Å². The summed E-state index contributed by atoms with van der Waals surface area (Å²) in [5.74, 6) is 2.07. The Morgan fingerprint density at radius 1 is 1.10 bits per heavy atom. The molecule has 3 aromatic rings. The Kier molecular flexibility index (Phi) is 4.44. The molecule has 0 N–H and O–H groups in total. The molecular formula is C24H28N6O. The number of anilines is 1. The fourth-order valence-corrected chi connectivity index (χ4v) is 6.12. The third-order valence-corrected chi connectivity index (χ3v) is 7.51. The van der Waals surface area contributed by atoms with Gasteiger partial charge in [-0.1, -0.05) is 30.3 Å². The molecule has 2 bridgehead atoms. The van der Waals surface area contributed by atoms with Crippen LogP contribution in [0, 0.1) is 11.8 Å². The molecule has 6 rings (SSSR count). The van der Waals surface area contributed by atoms with E-state index >= 15 is 0 Å². The smallest absolute Gasteiger partial charge is 0.227 e. The summed E-state index contributed by atoms with van der Waals surface area (Å²) in [6, 6.07) is 11.2. The Morgan fingerprint density at radius 2 is 1.94 bits per heavy atom. The number of nitrogens with zero attached hydrogens (tertiary/aromatic N) is 6. The van der Waals surface area contributed by atoms with E-state index in [1.54, 1.807) is 6.33 Å². The first kappa shape index (κ1) is 18.8. The molecule has 4 atom stereocenters. The molecule has 5 heterocycles. The van der Waals surface area contributed by atoms with Crippen LogP contribution in [0.2, 0.25) is 0 Å².